The number of amides is 2. The van der Waals surface area contributed by atoms with Crippen LogP contribution in [-0.2, 0) is 14.3 Å². The van der Waals surface area contributed by atoms with E-state index in [1.165, 1.54) is 6.42 Å². The fraction of sp³-hybridized carbons (Fsp3) is 0.679. The number of Topliss-reactive ketones (excluding diaryl/α,β-unsaturated/α-hetero) is 1. The van der Waals surface area contributed by atoms with Crippen molar-refractivity contribution < 1.29 is 19.1 Å². The van der Waals surface area contributed by atoms with Crippen LogP contribution in [0, 0.1) is 23.7 Å². The highest BCUT2D eigenvalue weighted by Crippen LogP contribution is 2.39. The van der Waals surface area contributed by atoms with Gasteiger partial charge in [0.25, 0.3) is 0 Å². The maximum Gasteiger partial charge on any atom is 0.408 e. The smallest absolute Gasteiger partial charge is 0.408 e. The zero-order valence-corrected chi connectivity index (χ0v) is 22.0. The summed E-state index contributed by atoms with van der Waals surface area (Å²) in [4.78, 5) is 38.3. The number of hydrogen-bond acceptors (Lipinski definition) is 4. The van der Waals surface area contributed by atoms with Crippen LogP contribution in [0.4, 0.5) is 4.79 Å². The Morgan fingerprint density at radius 3 is 2.26 bits per heavy atom. The minimum absolute atomic E-state index is 0.101. The molecule has 0 unspecified atom stereocenters. The first-order valence-electron chi connectivity index (χ1n) is 12.7. The lowest BCUT2D eigenvalue weighted by molar-refractivity contribution is -0.128. The highest BCUT2D eigenvalue weighted by molar-refractivity contribution is 5.86. The number of ketones is 1. The van der Waals surface area contributed by atoms with E-state index < -0.39 is 17.7 Å². The standard InChI is InChI=1S/C28H44N2O4/c1-18(2)22-14-13-19(3)17-23(22)25(31)16-15-24(21-11-9-8-10-12-21)30-26(32)20(4)29-27(33)34-28(5,6)7/h8-12,18-20,22-24H,13-17H2,1-7H3,(H,29,33)(H,30,32)/t19-,20-,22+,23-,24+/m1/s1. The summed E-state index contributed by atoms with van der Waals surface area (Å²) in [5.41, 5.74) is 0.308. The Morgan fingerprint density at radius 2 is 1.68 bits per heavy atom. The SMILES string of the molecule is CC(C)[C@@H]1CC[C@@H](C)C[C@H]1C(=O)CC[C@H](NC(=O)[C@@H](C)NC(=O)OC(C)(C)C)c1ccccc1. The molecule has 2 amide bonds. The average molecular weight is 473 g/mol. The number of carbonyl (C=O) groups excluding carboxylic acids is 3. The Kier molecular flexibility index (Phi) is 10.1. The van der Waals surface area contributed by atoms with Gasteiger partial charge in [0.05, 0.1) is 6.04 Å². The number of alkyl carbamates (subject to hydrolysis) is 1. The van der Waals surface area contributed by atoms with Gasteiger partial charge in [-0.25, -0.2) is 4.79 Å². The first kappa shape index (κ1) is 27.9. The Balaban J connectivity index is 2.05. The summed E-state index contributed by atoms with van der Waals surface area (Å²) in [5.74, 6) is 1.60. The Labute approximate surface area is 205 Å². The van der Waals surface area contributed by atoms with E-state index >= 15 is 0 Å². The van der Waals surface area contributed by atoms with E-state index in [0.29, 0.717) is 36.4 Å². The van der Waals surface area contributed by atoms with Gasteiger partial charge in [0.1, 0.15) is 17.4 Å². The van der Waals surface area contributed by atoms with Crippen molar-refractivity contribution in [1.82, 2.24) is 10.6 Å². The number of nitrogens with one attached hydrogen (secondary N) is 2. The predicted molar refractivity (Wildman–Crippen MR) is 135 cm³/mol. The van der Waals surface area contributed by atoms with Crippen LogP contribution in [0.15, 0.2) is 30.3 Å². The van der Waals surface area contributed by atoms with Crippen molar-refractivity contribution in [2.24, 2.45) is 23.7 Å². The van der Waals surface area contributed by atoms with E-state index in [1.54, 1.807) is 27.7 Å². The normalized spacial score (nSPS) is 22.5. The fourth-order valence-corrected chi connectivity index (χ4v) is 4.90. The third-order valence-corrected chi connectivity index (χ3v) is 6.76. The molecule has 5 atom stereocenters. The molecule has 0 spiro atoms. The quantitative estimate of drug-likeness (QED) is 0.475. The second-order valence-electron chi connectivity index (χ2n) is 11.3. The average Bonchev–Trinajstić information content (AvgIpc) is 2.75. The number of ether oxygens (including phenoxy) is 1. The molecule has 2 N–H and O–H groups in total. The van der Waals surface area contributed by atoms with Gasteiger partial charge in [0, 0.05) is 12.3 Å². The molecule has 190 valence electrons. The van der Waals surface area contributed by atoms with E-state index in [4.69, 9.17) is 4.74 Å². The summed E-state index contributed by atoms with van der Waals surface area (Å²) >= 11 is 0. The summed E-state index contributed by atoms with van der Waals surface area (Å²) in [5, 5.41) is 5.63. The van der Waals surface area contributed by atoms with Gasteiger partial charge in [-0.3, -0.25) is 9.59 Å². The second-order valence-corrected chi connectivity index (χ2v) is 11.3. The van der Waals surface area contributed by atoms with Crippen molar-refractivity contribution in [2.75, 3.05) is 0 Å². The molecule has 6 nitrogen and oxygen atoms in total. The van der Waals surface area contributed by atoms with Crippen LogP contribution in [0.1, 0.15) is 92.2 Å². The molecule has 0 aliphatic heterocycles. The molecule has 1 saturated carbocycles. The minimum Gasteiger partial charge on any atom is -0.444 e. The molecule has 2 rings (SSSR count). The van der Waals surface area contributed by atoms with Gasteiger partial charge < -0.3 is 15.4 Å². The summed E-state index contributed by atoms with van der Waals surface area (Å²) in [6.07, 6.45) is 3.59. The van der Waals surface area contributed by atoms with Gasteiger partial charge in [-0.05, 0) is 70.3 Å². The fourth-order valence-electron chi connectivity index (χ4n) is 4.90. The van der Waals surface area contributed by atoms with Gasteiger partial charge >= 0.3 is 6.09 Å². The first-order chi connectivity index (χ1) is 15.9. The molecule has 0 aromatic heterocycles. The topological polar surface area (TPSA) is 84.5 Å². The Morgan fingerprint density at radius 1 is 1.03 bits per heavy atom. The molecule has 0 bridgehead atoms. The van der Waals surface area contributed by atoms with Crippen LogP contribution in [0.5, 0.6) is 0 Å². The molecule has 0 heterocycles. The summed E-state index contributed by atoms with van der Waals surface area (Å²) in [7, 11) is 0. The Hall–Kier alpha value is -2.37. The van der Waals surface area contributed by atoms with Crippen LogP contribution in [0.25, 0.3) is 0 Å². The van der Waals surface area contributed by atoms with Gasteiger partial charge in [-0.2, -0.15) is 0 Å². The monoisotopic (exact) mass is 472 g/mol. The Bertz CT molecular complexity index is 815. The molecule has 6 heteroatoms. The molecule has 34 heavy (non-hydrogen) atoms. The van der Waals surface area contributed by atoms with E-state index in [9.17, 15) is 14.4 Å². The van der Waals surface area contributed by atoms with E-state index in [2.05, 4.69) is 31.4 Å². The zero-order chi connectivity index (χ0) is 25.5. The van der Waals surface area contributed by atoms with Crippen molar-refractivity contribution in [1.29, 1.82) is 0 Å². The third kappa shape index (κ3) is 8.77. The van der Waals surface area contributed by atoms with Crippen molar-refractivity contribution in [3.63, 3.8) is 0 Å². The van der Waals surface area contributed by atoms with Crippen LogP contribution >= 0.6 is 0 Å². The van der Waals surface area contributed by atoms with E-state index in [1.807, 2.05) is 30.3 Å². The molecule has 1 aromatic carbocycles. The maximum absolute atomic E-state index is 13.3. The van der Waals surface area contributed by atoms with Crippen LogP contribution in [0.3, 0.4) is 0 Å². The molecule has 1 aliphatic rings. The highest BCUT2D eigenvalue weighted by atomic mass is 16.6. The maximum atomic E-state index is 13.3. The van der Waals surface area contributed by atoms with E-state index in [0.717, 1.165) is 18.4 Å². The molecular formula is C28H44N2O4. The van der Waals surface area contributed by atoms with Crippen LogP contribution < -0.4 is 10.6 Å². The first-order valence-corrected chi connectivity index (χ1v) is 12.7. The lowest BCUT2D eigenvalue weighted by Gasteiger charge is -2.36. The lowest BCUT2D eigenvalue weighted by atomic mass is 9.68. The van der Waals surface area contributed by atoms with E-state index in [-0.39, 0.29) is 17.9 Å². The number of rotatable bonds is 9. The van der Waals surface area contributed by atoms with Crippen molar-refractivity contribution in [2.45, 2.75) is 98.3 Å². The van der Waals surface area contributed by atoms with Crippen LogP contribution in [0.2, 0.25) is 0 Å². The van der Waals surface area contributed by atoms with Gasteiger partial charge in [0.15, 0.2) is 0 Å². The molecule has 1 fully saturated rings. The number of benzene rings is 1. The third-order valence-electron chi connectivity index (χ3n) is 6.76. The molecule has 0 saturated heterocycles. The van der Waals surface area contributed by atoms with Gasteiger partial charge in [-0.15, -0.1) is 0 Å². The zero-order valence-electron chi connectivity index (χ0n) is 22.0. The van der Waals surface area contributed by atoms with Crippen molar-refractivity contribution in [3.05, 3.63) is 35.9 Å². The molecular weight excluding hydrogens is 428 g/mol. The second kappa shape index (κ2) is 12.4. The van der Waals surface area contributed by atoms with Crippen molar-refractivity contribution >= 4 is 17.8 Å². The highest BCUT2D eigenvalue weighted by Gasteiger charge is 2.35. The van der Waals surface area contributed by atoms with Gasteiger partial charge in [0.2, 0.25) is 5.91 Å². The van der Waals surface area contributed by atoms with Crippen LogP contribution in [-0.4, -0.2) is 29.4 Å². The van der Waals surface area contributed by atoms with Gasteiger partial charge in [-0.1, -0.05) is 57.5 Å². The molecule has 0 radical (unpaired) electrons. The summed E-state index contributed by atoms with van der Waals surface area (Å²) in [6.45, 7) is 13.6. The summed E-state index contributed by atoms with van der Waals surface area (Å²) in [6, 6.07) is 8.63. The minimum atomic E-state index is -0.763. The lowest BCUT2D eigenvalue weighted by Crippen LogP contribution is -2.47. The number of carbonyl (C=O) groups is 3. The number of hydrogen-bond donors (Lipinski definition) is 2. The molecule has 1 aliphatic carbocycles. The van der Waals surface area contributed by atoms with Crippen molar-refractivity contribution in [3.8, 4) is 0 Å². The largest absolute Gasteiger partial charge is 0.444 e. The molecule has 1 aromatic rings. The summed E-state index contributed by atoms with van der Waals surface area (Å²) < 4.78 is 5.26. The predicted octanol–water partition coefficient (Wildman–Crippen LogP) is 5.81.